The van der Waals surface area contributed by atoms with Crippen molar-refractivity contribution in [1.82, 2.24) is 4.90 Å². The average Bonchev–Trinajstić information content (AvgIpc) is 3.22. The fraction of sp³-hybridized carbons (Fsp3) is 0.500. The highest BCUT2D eigenvalue weighted by Gasteiger charge is 2.76. The van der Waals surface area contributed by atoms with Crippen LogP contribution in [-0.4, -0.2) is 53.9 Å². The number of hydrogen-bond acceptors (Lipinski definition) is 6. The number of nitro groups is 1. The number of anilines is 1. The summed E-state index contributed by atoms with van der Waals surface area (Å²) in [7, 11) is 0. The molecule has 1 saturated carbocycles. The Morgan fingerprint density at radius 2 is 1.78 bits per heavy atom. The predicted molar refractivity (Wildman–Crippen MR) is 85.9 cm³/mol. The SMILES string of the molecule is O=C(Nc1cc2c(cc1[N+](=O)[O-])OCCCO2)C(=O)N1CC2(C1)CC2(F)F. The molecule has 0 bridgehead atoms. The molecule has 1 aromatic rings. The van der Waals surface area contributed by atoms with E-state index in [-0.39, 0.29) is 36.7 Å². The number of carbonyl (C=O) groups excluding carboxylic acids is 2. The van der Waals surface area contributed by atoms with Crippen LogP contribution >= 0.6 is 0 Å². The number of nitrogens with one attached hydrogen (secondary N) is 1. The Labute approximate surface area is 151 Å². The number of hydrogen-bond donors (Lipinski definition) is 1. The fourth-order valence-electron chi connectivity index (χ4n) is 3.32. The molecule has 4 rings (SSSR count). The van der Waals surface area contributed by atoms with Crippen LogP contribution in [0, 0.1) is 15.5 Å². The van der Waals surface area contributed by atoms with E-state index in [9.17, 15) is 28.5 Å². The molecule has 9 nitrogen and oxygen atoms in total. The van der Waals surface area contributed by atoms with Crippen LogP contribution in [0.25, 0.3) is 0 Å². The molecule has 1 aromatic carbocycles. The van der Waals surface area contributed by atoms with Gasteiger partial charge in [-0.1, -0.05) is 0 Å². The maximum Gasteiger partial charge on any atom is 0.314 e. The second kappa shape index (κ2) is 5.76. The molecule has 2 amide bonds. The van der Waals surface area contributed by atoms with Gasteiger partial charge in [0.15, 0.2) is 11.5 Å². The van der Waals surface area contributed by atoms with E-state index in [4.69, 9.17) is 9.47 Å². The zero-order valence-corrected chi connectivity index (χ0v) is 14.0. The van der Waals surface area contributed by atoms with Crippen LogP contribution in [-0.2, 0) is 9.59 Å². The highest BCUT2D eigenvalue weighted by molar-refractivity contribution is 6.40. The van der Waals surface area contributed by atoms with Gasteiger partial charge in [0.2, 0.25) is 0 Å². The Balaban J connectivity index is 1.50. The summed E-state index contributed by atoms with van der Waals surface area (Å²) >= 11 is 0. The number of fused-ring (bicyclic) bond motifs is 1. The second-order valence-corrected chi connectivity index (χ2v) is 6.90. The number of halogens is 2. The Morgan fingerprint density at radius 3 is 2.33 bits per heavy atom. The number of rotatable bonds is 2. The first kappa shape index (κ1) is 17.4. The quantitative estimate of drug-likeness (QED) is 0.471. The molecular formula is C16H15F2N3O6. The molecule has 2 fully saturated rings. The predicted octanol–water partition coefficient (Wildman–Crippen LogP) is 1.56. The lowest BCUT2D eigenvalue weighted by atomic mass is 9.96. The summed E-state index contributed by atoms with van der Waals surface area (Å²) in [5.74, 6) is -4.56. The normalized spacial score (nSPS) is 21.0. The number of nitrogens with zero attached hydrogens (tertiary/aromatic N) is 2. The average molecular weight is 383 g/mol. The fourth-order valence-corrected chi connectivity index (χ4v) is 3.32. The molecule has 2 aliphatic heterocycles. The van der Waals surface area contributed by atoms with E-state index in [2.05, 4.69) is 5.32 Å². The van der Waals surface area contributed by atoms with E-state index < -0.39 is 33.8 Å². The smallest absolute Gasteiger partial charge is 0.314 e. The van der Waals surface area contributed by atoms with E-state index in [1.54, 1.807) is 0 Å². The van der Waals surface area contributed by atoms with Crippen molar-refractivity contribution in [3.05, 3.63) is 22.2 Å². The Morgan fingerprint density at radius 1 is 1.19 bits per heavy atom. The summed E-state index contributed by atoms with van der Waals surface area (Å²) in [6, 6.07) is 2.33. The minimum Gasteiger partial charge on any atom is -0.489 e. The molecule has 3 aliphatic rings. The van der Waals surface area contributed by atoms with Gasteiger partial charge in [0.1, 0.15) is 5.69 Å². The third kappa shape index (κ3) is 2.82. The van der Waals surface area contributed by atoms with Crippen LogP contribution in [0.5, 0.6) is 11.5 Å². The standard InChI is InChI=1S/C16H15F2N3O6/c17-16(18)6-15(16)7-20(8-15)14(23)13(22)19-9-4-11-12(5-10(9)21(24)25)27-3-1-2-26-11/h4-5H,1-3,6-8H2,(H,19,22). The van der Waals surface area contributed by atoms with Crippen LogP contribution in [0.4, 0.5) is 20.2 Å². The molecule has 0 atom stereocenters. The third-order valence-corrected chi connectivity index (χ3v) is 4.99. The topological polar surface area (TPSA) is 111 Å². The first-order valence-electron chi connectivity index (χ1n) is 8.29. The number of amides is 2. The van der Waals surface area contributed by atoms with Crippen molar-refractivity contribution >= 4 is 23.2 Å². The molecule has 144 valence electrons. The number of nitro benzene ring substituents is 1. The molecule has 1 N–H and O–H groups in total. The van der Waals surface area contributed by atoms with Crippen molar-refractivity contribution in [2.24, 2.45) is 5.41 Å². The number of alkyl halides is 2. The lowest BCUT2D eigenvalue weighted by molar-refractivity contribution is -0.384. The molecule has 0 radical (unpaired) electrons. The summed E-state index contributed by atoms with van der Waals surface area (Å²) < 4.78 is 37.2. The van der Waals surface area contributed by atoms with Gasteiger partial charge in [-0.25, -0.2) is 8.78 Å². The Kier molecular flexibility index (Phi) is 3.72. The minimum atomic E-state index is -2.80. The number of carbonyl (C=O) groups is 2. The van der Waals surface area contributed by atoms with Crippen molar-refractivity contribution in [2.45, 2.75) is 18.8 Å². The maximum absolute atomic E-state index is 13.2. The van der Waals surface area contributed by atoms with Gasteiger partial charge in [0.25, 0.3) is 11.6 Å². The molecule has 0 unspecified atom stereocenters. The van der Waals surface area contributed by atoms with Crippen molar-refractivity contribution in [3.63, 3.8) is 0 Å². The molecule has 1 saturated heterocycles. The van der Waals surface area contributed by atoms with Crippen molar-refractivity contribution in [2.75, 3.05) is 31.6 Å². The molecular weight excluding hydrogens is 368 g/mol. The highest BCUT2D eigenvalue weighted by atomic mass is 19.3. The van der Waals surface area contributed by atoms with E-state index in [1.165, 1.54) is 6.07 Å². The van der Waals surface area contributed by atoms with Gasteiger partial charge < -0.3 is 19.7 Å². The van der Waals surface area contributed by atoms with E-state index in [0.29, 0.717) is 19.6 Å². The zero-order valence-electron chi connectivity index (χ0n) is 14.0. The monoisotopic (exact) mass is 383 g/mol. The molecule has 1 spiro atoms. The first-order chi connectivity index (χ1) is 12.7. The van der Waals surface area contributed by atoms with Crippen LogP contribution in [0.15, 0.2) is 12.1 Å². The van der Waals surface area contributed by atoms with Gasteiger partial charge in [-0.15, -0.1) is 0 Å². The molecule has 11 heteroatoms. The molecule has 1 aliphatic carbocycles. The minimum absolute atomic E-state index is 0.171. The molecule has 27 heavy (non-hydrogen) atoms. The second-order valence-electron chi connectivity index (χ2n) is 6.90. The van der Waals surface area contributed by atoms with E-state index in [1.807, 2.05) is 0 Å². The Bertz CT molecular complexity index is 853. The van der Waals surface area contributed by atoms with Crippen molar-refractivity contribution in [1.29, 1.82) is 0 Å². The molecule has 2 heterocycles. The Hall–Kier alpha value is -2.98. The zero-order chi connectivity index (χ0) is 19.4. The van der Waals surface area contributed by atoms with Gasteiger partial charge in [0, 0.05) is 32.0 Å². The van der Waals surface area contributed by atoms with Crippen LogP contribution in [0.1, 0.15) is 12.8 Å². The van der Waals surface area contributed by atoms with Gasteiger partial charge in [0.05, 0.1) is 29.6 Å². The number of likely N-dealkylation sites (tertiary alicyclic amines) is 1. The van der Waals surface area contributed by atoms with Gasteiger partial charge >= 0.3 is 11.8 Å². The van der Waals surface area contributed by atoms with Gasteiger partial charge in [-0.05, 0) is 0 Å². The largest absolute Gasteiger partial charge is 0.489 e. The highest BCUT2D eigenvalue weighted by Crippen LogP contribution is 2.65. The lowest BCUT2D eigenvalue weighted by Crippen LogP contribution is -2.56. The summed E-state index contributed by atoms with van der Waals surface area (Å²) in [6.07, 6.45) is 0.295. The van der Waals surface area contributed by atoms with Crippen molar-refractivity contribution < 1.29 is 32.8 Å². The number of benzene rings is 1. The lowest BCUT2D eigenvalue weighted by Gasteiger charge is -2.39. The summed E-state index contributed by atoms with van der Waals surface area (Å²) in [5.41, 5.74) is -1.90. The molecule has 0 aromatic heterocycles. The number of ether oxygens (including phenoxy) is 2. The summed E-state index contributed by atoms with van der Waals surface area (Å²) in [6.45, 7) is 0.266. The van der Waals surface area contributed by atoms with Crippen LogP contribution < -0.4 is 14.8 Å². The third-order valence-electron chi connectivity index (χ3n) is 4.99. The maximum atomic E-state index is 13.2. The summed E-state index contributed by atoms with van der Waals surface area (Å²) in [4.78, 5) is 35.9. The van der Waals surface area contributed by atoms with E-state index in [0.717, 1.165) is 11.0 Å². The van der Waals surface area contributed by atoms with Crippen LogP contribution in [0.3, 0.4) is 0 Å². The van der Waals surface area contributed by atoms with Gasteiger partial charge in [-0.2, -0.15) is 0 Å². The first-order valence-corrected chi connectivity index (χ1v) is 8.29. The van der Waals surface area contributed by atoms with E-state index >= 15 is 0 Å². The summed E-state index contributed by atoms with van der Waals surface area (Å²) in [5, 5.41) is 13.5. The van der Waals surface area contributed by atoms with Crippen LogP contribution in [0.2, 0.25) is 0 Å². The van der Waals surface area contributed by atoms with Crippen molar-refractivity contribution in [3.8, 4) is 11.5 Å². The van der Waals surface area contributed by atoms with Gasteiger partial charge in [-0.3, -0.25) is 19.7 Å².